The Kier molecular flexibility index (Phi) is 5.24. The van der Waals surface area contributed by atoms with Gasteiger partial charge in [0.05, 0.1) is 0 Å². The lowest BCUT2D eigenvalue weighted by Gasteiger charge is -2.12. The lowest BCUT2D eigenvalue weighted by molar-refractivity contribution is -0.141. The minimum atomic E-state index is -4.62. The number of alkyl halides is 3. The van der Waals surface area contributed by atoms with Gasteiger partial charge in [0.2, 0.25) is 0 Å². The van der Waals surface area contributed by atoms with E-state index in [9.17, 15) is 18.0 Å². The summed E-state index contributed by atoms with van der Waals surface area (Å²) in [6, 6.07) is 11.0. The van der Waals surface area contributed by atoms with Crippen molar-refractivity contribution in [2.24, 2.45) is 0 Å². The number of carbonyl (C=O) groups excluding carboxylic acids is 1. The minimum Gasteiger partial charge on any atom is -0.322 e. The summed E-state index contributed by atoms with van der Waals surface area (Å²) in [5, 5.41) is 3.06. The van der Waals surface area contributed by atoms with E-state index in [0.717, 1.165) is 47.5 Å². The van der Waals surface area contributed by atoms with Crippen molar-refractivity contribution in [1.29, 1.82) is 0 Å². The van der Waals surface area contributed by atoms with Crippen molar-refractivity contribution < 1.29 is 18.0 Å². The van der Waals surface area contributed by atoms with Crippen LogP contribution in [-0.4, -0.2) is 15.9 Å². The Bertz CT molecular complexity index is 1130. The topological polar surface area (TPSA) is 54.9 Å². The zero-order chi connectivity index (χ0) is 21.5. The maximum atomic E-state index is 12.9. The fourth-order valence-corrected chi connectivity index (χ4v) is 3.42. The van der Waals surface area contributed by atoms with Crippen molar-refractivity contribution in [3.63, 3.8) is 0 Å². The summed E-state index contributed by atoms with van der Waals surface area (Å²) in [5.74, 6) is -0.218. The van der Waals surface area contributed by atoms with Gasteiger partial charge in [0.15, 0.2) is 0 Å². The zero-order valence-corrected chi connectivity index (χ0v) is 16.7. The standard InChI is InChI=1S/C22H17ClF3N3O/c1-12-2-5-16(28-21(30)14-6-7-27-19(9-14)22(24,25)26)11-17(12)15-8-18(13-3-4-13)29-20(23)10-15/h2,5-11,13H,3-4H2,1H3,(H,28,30). The van der Waals surface area contributed by atoms with Gasteiger partial charge in [-0.15, -0.1) is 0 Å². The number of carbonyl (C=O) groups is 1. The second-order valence-corrected chi connectivity index (χ2v) is 7.68. The molecule has 2 aromatic heterocycles. The van der Waals surface area contributed by atoms with Gasteiger partial charge < -0.3 is 5.32 Å². The first kappa shape index (κ1) is 20.3. The highest BCUT2D eigenvalue weighted by Gasteiger charge is 2.33. The number of rotatable bonds is 4. The van der Waals surface area contributed by atoms with Crippen LogP contribution in [0.1, 0.15) is 46.1 Å². The molecular formula is C22H17ClF3N3O. The van der Waals surface area contributed by atoms with Crippen molar-refractivity contribution >= 4 is 23.2 Å². The molecule has 0 atom stereocenters. The third-order valence-corrected chi connectivity index (χ3v) is 5.12. The predicted molar refractivity (Wildman–Crippen MR) is 109 cm³/mol. The van der Waals surface area contributed by atoms with E-state index in [2.05, 4.69) is 15.3 Å². The van der Waals surface area contributed by atoms with Gasteiger partial charge in [0.1, 0.15) is 10.8 Å². The van der Waals surface area contributed by atoms with Crippen LogP contribution < -0.4 is 5.32 Å². The molecule has 1 aliphatic rings. The largest absolute Gasteiger partial charge is 0.433 e. The molecule has 0 unspecified atom stereocenters. The summed E-state index contributed by atoms with van der Waals surface area (Å²) >= 11 is 6.20. The Balaban J connectivity index is 1.62. The number of pyridine rings is 2. The van der Waals surface area contributed by atoms with Crippen LogP contribution >= 0.6 is 11.6 Å². The molecule has 0 aliphatic heterocycles. The molecule has 0 radical (unpaired) electrons. The number of nitrogens with one attached hydrogen (secondary N) is 1. The van der Waals surface area contributed by atoms with Gasteiger partial charge in [-0.2, -0.15) is 13.2 Å². The molecule has 1 aromatic carbocycles. The molecule has 1 aliphatic carbocycles. The van der Waals surface area contributed by atoms with Crippen molar-refractivity contribution in [2.45, 2.75) is 31.9 Å². The van der Waals surface area contributed by atoms with Gasteiger partial charge in [-0.1, -0.05) is 17.7 Å². The maximum Gasteiger partial charge on any atom is 0.433 e. The third-order valence-electron chi connectivity index (χ3n) is 4.93. The molecule has 0 spiro atoms. The average molecular weight is 432 g/mol. The van der Waals surface area contributed by atoms with Crippen LogP contribution in [0, 0.1) is 6.92 Å². The summed E-state index contributed by atoms with van der Waals surface area (Å²) in [6.07, 6.45) is -1.47. The molecule has 2 heterocycles. The van der Waals surface area contributed by atoms with Gasteiger partial charge in [0, 0.05) is 29.1 Å². The maximum absolute atomic E-state index is 12.9. The minimum absolute atomic E-state index is 0.123. The number of aromatic nitrogens is 2. The first-order valence-electron chi connectivity index (χ1n) is 9.34. The van der Waals surface area contributed by atoms with Gasteiger partial charge in [0.25, 0.3) is 5.91 Å². The molecule has 1 saturated carbocycles. The van der Waals surface area contributed by atoms with Crippen LogP contribution in [0.5, 0.6) is 0 Å². The molecule has 4 nitrogen and oxygen atoms in total. The van der Waals surface area contributed by atoms with Crippen molar-refractivity contribution in [2.75, 3.05) is 5.32 Å². The van der Waals surface area contributed by atoms with Crippen LogP contribution in [0.3, 0.4) is 0 Å². The quantitative estimate of drug-likeness (QED) is 0.496. The summed E-state index contributed by atoms with van der Waals surface area (Å²) in [5.41, 5.74) is 2.90. The molecule has 8 heteroatoms. The molecule has 0 bridgehead atoms. The first-order chi connectivity index (χ1) is 14.2. The summed E-state index contributed by atoms with van der Waals surface area (Å²) in [6.45, 7) is 1.94. The number of anilines is 1. The highest BCUT2D eigenvalue weighted by atomic mass is 35.5. The fourth-order valence-electron chi connectivity index (χ4n) is 3.20. The van der Waals surface area contributed by atoms with E-state index in [0.29, 0.717) is 16.8 Å². The second-order valence-electron chi connectivity index (χ2n) is 7.29. The average Bonchev–Trinajstić information content (AvgIpc) is 3.54. The number of aryl methyl sites for hydroxylation is 1. The smallest absolute Gasteiger partial charge is 0.322 e. The lowest BCUT2D eigenvalue weighted by Crippen LogP contribution is -2.15. The van der Waals surface area contributed by atoms with Crippen LogP contribution in [0.2, 0.25) is 5.15 Å². The summed E-state index contributed by atoms with van der Waals surface area (Å²) < 4.78 is 38.6. The molecule has 1 amide bonds. The first-order valence-corrected chi connectivity index (χ1v) is 9.71. The van der Waals surface area contributed by atoms with E-state index in [1.807, 2.05) is 19.1 Å². The number of benzene rings is 1. The van der Waals surface area contributed by atoms with E-state index in [1.54, 1.807) is 18.2 Å². The molecule has 1 N–H and O–H groups in total. The Hall–Kier alpha value is -2.93. The van der Waals surface area contributed by atoms with Crippen molar-refractivity contribution in [3.8, 4) is 11.1 Å². The van der Waals surface area contributed by atoms with E-state index in [-0.39, 0.29) is 5.56 Å². The van der Waals surface area contributed by atoms with Gasteiger partial charge in [-0.3, -0.25) is 9.78 Å². The van der Waals surface area contributed by atoms with Crippen LogP contribution in [0.25, 0.3) is 11.1 Å². The predicted octanol–water partition coefficient (Wildman–Crippen LogP) is 6.25. The molecule has 1 fully saturated rings. The van der Waals surface area contributed by atoms with Gasteiger partial charge in [-0.25, -0.2) is 4.98 Å². The Morgan fingerprint density at radius 1 is 1.13 bits per heavy atom. The molecular weight excluding hydrogens is 415 g/mol. The van der Waals surface area contributed by atoms with E-state index in [1.165, 1.54) is 6.07 Å². The van der Waals surface area contributed by atoms with Crippen molar-refractivity contribution in [1.82, 2.24) is 9.97 Å². The van der Waals surface area contributed by atoms with Gasteiger partial charge in [-0.05, 0) is 72.9 Å². The van der Waals surface area contributed by atoms with Crippen LogP contribution in [-0.2, 0) is 6.18 Å². The second kappa shape index (κ2) is 7.72. The normalized spacial score (nSPS) is 13.9. The monoisotopic (exact) mass is 431 g/mol. The number of hydrogen-bond donors (Lipinski definition) is 1. The fraction of sp³-hybridized carbons (Fsp3) is 0.227. The highest BCUT2D eigenvalue weighted by Crippen LogP contribution is 2.41. The number of nitrogens with zero attached hydrogens (tertiary/aromatic N) is 2. The molecule has 154 valence electrons. The third kappa shape index (κ3) is 4.46. The number of halogens is 4. The SMILES string of the molecule is Cc1ccc(NC(=O)c2ccnc(C(F)(F)F)c2)cc1-c1cc(Cl)nc(C2CC2)c1. The lowest BCUT2D eigenvalue weighted by atomic mass is 9.99. The van der Waals surface area contributed by atoms with Crippen LogP contribution in [0.4, 0.5) is 18.9 Å². The van der Waals surface area contributed by atoms with E-state index >= 15 is 0 Å². The Morgan fingerprint density at radius 3 is 2.60 bits per heavy atom. The molecule has 0 saturated heterocycles. The summed E-state index contributed by atoms with van der Waals surface area (Å²) in [4.78, 5) is 20.2. The molecule has 4 rings (SSSR count). The number of amides is 1. The Morgan fingerprint density at radius 2 is 1.90 bits per heavy atom. The van der Waals surface area contributed by atoms with E-state index < -0.39 is 17.8 Å². The molecule has 3 aromatic rings. The van der Waals surface area contributed by atoms with Crippen LogP contribution in [0.15, 0.2) is 48.7 Å². The number of hydrogen-bond acceptors (Lipinski definition) is 3. The van der Waals surface area contributed by atoms with E-state index in [4.69, 9.17) is 11.6 Å². The van der Waals surface area contributed by atoms with Gasteiger partial charge >= 0.3 is 6.18 Å². The highest BCUT2D eigenvalue weighted by molar-refractivity contribution is 6.29. The Labute approximate surface area is 176 Å². The summed E-state index contributed by atoms with van der Waals surface area (Å²) in [7, 11) is 0. The zero-order valence-electron chi connectivity index (χ0n) is 15.9. The van der Waals surface area contributed by atoms with Crippen molar-refractivity contribution in [3.05, 3.63) is 76.3 Å². The molecule has 30 heavy (non-hydrogen) atoms.